The number of pyridine rings is 1. The van der Waals surface area contributed by atoms with Crippen molar-refractivity contribution in [3.8, 4) is 0 Å². The van der Waals surface area contributed by atoms with Gasteiger partial charge in [0, 0.05) is 25.3 Å². The molecule has 4 atom stereocenters. The lowest BCUT2D eigenvalue weighted by molar-refractivity contribution is -0.765. The number of carbonyl (C=O) groups excluding carboxylic acids is 4. The van der Waals surface area contributed by atoms with Gasteiger partial charge in [-0.2, -0.15) is 4.57 Å². The molecule has 0 saturated carbocycles. The van der Waals surface area contributed by atoms with Crippen molar-refractivity contribution >= 4 is 23.8 Å². The zero-order valence-electron chi connectivity index (χ0n) is 19.4. The van der Waals surface area contributed by atoms with Gasteiger partial charge in [0.1, 0.15) is 18.3 Å². The molecule has 1 fully saturated rings. The number of ether oxygens (including phenoxy) is 4. The number of carbonyl (C=O) groups is 4. The number of hydrogen-bond donors (Lipinski definition) is 1. The Kier molecular flexibility index (Phi) is 10.2. The Morgan fingerprint density at radius 2 is 1.52 bits per heavy atom. The number of amides is 1. The highest BCUT2D eigenvalue weighted by molar-refractivity contribution is 5.92. The Balaban J connectivity index is 2.38. The molecule has 1 aliphatic rings. The summed E-state index contributed by atoms with van der Waals surface area (Å²) in [4.78, 5) is 48.3. The lowest BCUT2D eigenvalue weighted by atomic mass is 10.1. The summed E-state index contributed by atoms with van der Waals surface area (Å²) in [5.41, 5.74) is 5.61. The van der Waals surface area contributed by atoms with Crippen LogP contribution in [0.2, 0.25) is 0 Å². The molecule has 1 aliphatic heterocycles. The fraction of sp³-hybridized carbons (Fsp3) is 0.609. The van der Waals surface area contributed by atoms with Crippen molar-refractivity contribution < 1.29 is 42.7 Å². The molecule has 0 aliphatic carbocycles. The van der Waals surface area contributed by atoms with Crippen LogP contribution in [0.15, 0.2) is 24.5 Å². The zero-order chi connectivity index (χ0) is 24.4. The van der Waals surface area contributed by atoms with Crippen LogP contribution < -0.4 is 10.3 Å². The standard InChI is InChI=1S/C23H32N2O8/c1-4-8-17(26)30-14-16-20(32-18(27)9-5-2)21(33-19(28)10-6-3)23(31-16)25-12-7-11-15(13-25)22(24)29/h7,11-13,16,20-21,23H,4-6,8-10,14H2,1-3H3,(H-,24,29)/p+1/t16-,20-,21-,23-/m1/s1. The van der Waals surface area contributed by atoms with Gasteiger partial charge < -0.3 is 24.7 Å². The van der Waals surface area contributed by atoms with Gasteiger partial charge >= 0.3 is 24.1 Å². The van der Waals surface area contributed by atoms with E-state index in [9.17, 15) is 19.2 Å². The molecule has 0 bridgehead atoms. The highest BCUT2D eigenvalue weighted by atomic mass is 16.7. The first-order valence-electron chi connectivity index (χ1n) is 11.3. The first-order valence-corrected chi connectivity index (χ1v) is 11.3. The first kappa shape index (κ1) is 26.2. The molecule has 0 spiro atoms. The molecule has 10 heteroatoms. The van der Waals surface area contributed by atoms with Gasteiger partial charge in [0.05, 0.1) is 0 Å². The summed E-state index contributed by atoms with van der Waals surface area (Å²) >= 11 is 0. The number of aromatic nitrogens is 1. The zero-order valence-corrected chi connectivity index (χ0v) is 19.4. The third-order valence-corrected chi connectivity index (χ3v) is 4.99. The molecule has 0 unspecified atom stereocenters. The van der Waals surface area contributed by atoms with Crippen LogP contribution in [-0.2, 0) is 33.3 Å². The number of nitrogens with two attached hydrogens (primary N) is 1. The van der Waals surface area contributed by atoms with E-state index in [1.165, 1.54) is 16.8 Å². The topological polar surface area (TPSA) is 135 Å². The molecule has 33 heavy (non-hydrogen) atoms. The summed E-state index contributed by atoms with van der Waals surface area (Å²) in [6, 6.07) is 3.13. The quantitative estimate of drug-likeness (QED) is 0.280. The number of hydrogen-bond acceptors (Lipinski definition) is 8. The largest absolute Gasteiger partial charge is 0.463 e. The maximum Gasteiger partial charge on any atom is 0.306 e. The Bertz CT molecular complexity index is 844. The summed E-state index contributed by atoms with van der Waals surface area (Å²) in [6.45, 7) is 5.34. The van der Waals surface area contributed by atoms with Crippen LogP contribution >= 0.6 is 0 Å². The van der Waals surface area contributed by atoms with Gasteiger partial charge in [-0.15, -0.1) is 0 Å². The van der Waals surface area contributed by atoms with E-state index in [1.54, 1.807) is 12.3 Å². The Labute approximate surface area is 193 Å². The minimum atomic E-state index is -1.02. The third kappa shape index (κ3) is 7.52. The second kappa shape index (κ2) is 12.9. The SMILES string of the molecule is CCCC(=O)OC[C@H]1O[C@@H]([n+]2cccc(C(N)=O)c2)[C@H](OC(=O)CCC)[C@@H]1OC(=O)CCC. The monoisotopic (exact) mass is 465 g/mol. The molecule has 2 rings (SSSR count). The molecule has 2 N–H and O–H groups in total. The lowest BCUT2D eigenvalue weighted by Gasteiger charge is -2.22. The highest BCUT2D eigenvalue weighted by Crippen LogP contribution is 2.32. The second-order valence-corrected chi connectivity index (χ2v) is 7.81. The summed E-state index contributed by atoms with van der Waals surface area (Å²) < 4.78 is 24.2. The number of nitrogens with zero attached hydrogens (tertiary/aromatic N) is 1. The van der Waals surface area contributed by atoms with Gasteiger partial charge in [-0.3, -0.25) is 19.2 Å². The molecule has 2 heterocycles. The predicted molar refractivity (Wildman–Crippen MR) is 115 cm³/mol. The molecule has 1 aromatic rings. The van der Waals surface area contributed by atoms with Crippen molar-refractivity contribution in [2.45, 2.75) is 83.8 Å². The number of rotatable bonds is 12. The van der Waals surface area contributed by atoms with E-state index >= 15 is 0 Å². The summed E-state index contributed by atoms with van der Waals surface area (Å²) in [5, 5.41) is 0. The Hall–Kier alpha value is -3.01. The van der Waals surface area contributed by atoms with Crippen LogP contribution in [-0.4, -0.2) is 48.7 Å². The van der Waals surface area contributed by atoms with E-state index < -0.39 is 48.4 Å². The maximum absolute atomic E-state index is 12.4. The summed E-state index contributed by atoms with van der Waals surface area (Å²) in [7, 11) is 0. The minimum Gasteiger partial charge on any atom is -0.463 e. The van der Waals surface area contributed by atoms with Crippen LogP contribution in [0.5, 0.6) is 0 Å². The predicted octanol–water partition coefficient (Wildman–Crippen LogP) is 1.74. The van der Waals surface area contributed by atoms with Crippen molar-refractivity contribution in [3.05, 3.63) is 30.1 Å². The Morgan fingerprint density at radius 1 is 0.939 bits per heavy atom. The average Bonchev–Trinajstić information content (AvgIpc) is 3.09. The van der Waals surface area contributed by atoms with E-state index in [2.05, 4.69) is 0 Å². The average molecular weight is 466 g/mol. The van der Waals surface area contributed by atoms with E-state index in [1.807, 2.05) is 20.8 Å². The lowest BCUT2D eigenvalue weighted by Crippen LogP contribution is -2.49. The van der Waals surface area contributed by atoms with E-state index in [0.717, 1.165) is 0 Å². The van der Waals surface area contributed by atoms with E-state index in [-0.39, 0.29) is 31.4 Å². The molecule has 182 valence electrons. The van der Waals surface area contributed by atoms with Crippen LogP contribution in [0.25, 0.3) is 0 Å². The van der Waals surface area contributed by atoms with Gasteiger partial charge in [-0.05, 0) is 25.3 Å². The molecule has 1 saturated heterocycles. The van der Waals surface area contributed by atoms with E-state index in [0.29, 0.717) is 19.3 Å². The molecule has 0 aromatic carbocycles. The molecule has 1 aromatic heterocycles. The number of primary amides is 1. The van der Waals surface area contributed by atoms with Gasteiger partial charge in [-0.1, -0.05) is 20.8 Å². The van der Waals surface area contributed by atoms with Crippen LogP contribution in [0.4, 0.5) is 0 Å². The summed E-state index contributed by atoms with van der Waals surface area (Å²) in [5.74, 6) is -2.02. The fourth-order valence-corrected chi connectivity index (χ4v) is 3.43. The molecular formula is C23H33N2O8+. The number of esters is 3. The van der Waals surface area contributed by atoms with Crippen molar-refractivity contribution in [3.63, 3.8) is 0 Å². The normalized spacial score (nSPS) is 21.9. The summed E-state index contributed by atoms with van der Waals surface area (Å²) in [6.07, 6.45) is 1.58. The first-order chi connectivity index (χ1) is 15.8. The van der Waals surface area contributed by atoms with Gasteiger partial charge in [-0.25, -0.2) is 0 Å². The molecular weight excluding hydrogens is 432 g/mol. The van der Waals surface area contributed by atoms with Crippen molar-refractivity contribution in [1.82, 2.24) is 0 Å². The van der Waals surface area contributed by atoms with Crippen LogP contribution in [0, 0.1) is 0 Å². The van der Waals surface area contributed by atoms with Crippen molar-refractivity contribution in [2.75, 3.05) is 6.61 Å². The van der Waals surface area contributed by atoms with Crippen LogP contribution in [0.3, 0.4) is 0 Å². The fourth-order valence-electron chi connectivity index (χ4n) is 3.43. The van der Waals surface area contributed by atoms with Crippen molar-refractivity contribution in [2.24, 2.45) is 5.73 Å². The second-order valence-electron chi connectivity index (χ2n) is 7.81. The van der Waals surface area contributed by atoms with Crippen LogP contribution in [0.1, 0.15) is 75.9 Å². The highest BCUT2D eigenvalue weighted by Gasteiger charge is 2.55. The molecule has 1 amide bonds. The van der Waals surface area contributed by atoms with Gasteiger partial charge in [0.2, 0.25) is 6.10 Å². The smallest absolute Gasteiger partial charge is 0.306 e. The van der Waals surface area contributed by atoms with Gasteiger partial charge in [0.15, 0.2) is 18.5 Å². The third-order valence-electron chi connectivity index (χ3n) is 4.99. The maximum atomic E-state index is 12.4. The molecule has 0 radical (unpaired) electrons. The van der Waals surface area contributed by atoms with Crippen molar-refractivity contribution in [1.29, 1.82) is 0 Å². The van der Waals surface area contributed by atoms with E-state index in [4.69, 9.17) is 24.7 Å². The van der Waals surface area contributed by atoms with Gasteiger partial charge in [0.25, 0.3) is 5.91 Å². The minimum absolute atomic E-state index is 0.168. The molecule has 10 nitrogen and oxygen atoms in total. The Morgan fingerprint density at radius 3 is 2.09 bits per heavy atom.